The van der Waals surface area contributed by atoms with E-state index in [0.29, 0.717) is 45.2 Å². The largest absolute Gasteiger partial charge is 0.480 e. The Morgan fingerprint density at radius 2 is 1.85 bits per heavy atom. The first-order valence-electron chi connectivity index (χ1n) is 8.99. The average Bonchev–Trinajstić information content (AvgIpc) is 3.14. The van der Waals surface area contributed by atoms with Crippen molar-refractivity contribution in [1.29, 1.82) is 0 Å². The summed E-state index contributed by atoms with van der Waals surface area (Å²) < 4.78 is 0. The number of thiol groups is 1. The van der Waals surface area contributed by atoms with Gasteiger partial charge in [0, 0.05) is 12.3 Å². The fourth-order valence-corrected chi connectivity index (χ4v) is 3.19. The third-order valence-corrected chi connectivity index (χ3v) is 4.79. The van der Waals surface area contributed by atoms with E-state index in [-0.39, 0.29) is 18.2 Å². The normalized spacial score (nSPS) is 18.6. The number of carboxylic acids is 1. The van der Waals surface area contributed by atoms with Crippen molar-refractivity contribution < 1.29 is 24.3 Å². The molecule has 0 saturated carbocycles. The highest BCUT2D eigenvalue weighted by Gasteiger charge is 2.35. The van der Waals surface area contributed by atoms with Crippen molar-refractivity contribution in [2.24, 2.45) is 11.5 Å². The van der Waals surface area contributed by atoms with Gasteiger partial charge in [-0.1, -0.05) is 0 Å². The molecule has 0 aromatic carbocycles. The summed E-state index contributed by atoms with van der Waals surface area (Å²) >= 11 is 3.91. The monoisotopic (exact) mass is 403 g/mol. The molecule has 0 aromatic rings. The van der Waals surface area contributed by atoms with Gasteiger partial charge in [0.1, 0.15) is 18.1 Å². The van der Waals surface area contributed by atoms with Crippen LogP contribution in [0.25, 0.3) is 0 Å². The smallest absolute Gasteiger partial charge is 0.327 e. The van der Waals surface area contributed by atoms with Gasteiger partial charge < -0.3 is 32.1 Å². The van der Waals surface area contributed by atoms with E-state index < -0.39 is 35.9 Å². The zero-order valence-electron chi connectivity index (χ0n) is 15.2. The lowest BCUT2D eigenvalue weighted by atomic mass is 10.1. The molecule has 3 atom stereocenters. The topological polar surface area (TPSA) is 168 Å². The summed E-state index contributed by atoms with van der Waals surface area (Å²) in [5.74, 6) is -2.65. The third-order valence-electron chi connectivity index (χ3n) is 4.43. The minimum absolute atomic E-state index is 0.0774. The van der Waals surface area contributed by atoms with Crippen molar-refractivity contribution in [3.63, 3.8) is 0 Å². The average molecular weight is 404 g/mol. The molecule has 0 spiro atoms. The Balaban J connectivity index is 2.80. The standard InChI is InChI=1S/C16H29N5O5S/c17-6-2-1-4-10(14(23)20-11(9-27)16(25)26)19-15(24)12-5-3-7-21(12)13(22)8-18/h10-12,27H,1-9,17-18H2,(H,19,24)(H,20,23)(H,25,26). The molecule has 0 aromatic heterocycles. The molecular weight excluding hydrogens is 374 g/mol. The number of nitrogens with two attached hydrogens (primary N) is 2. The maximum absolute atomic E-state index is 12.6. The summed E-state index contributed by atoms with van der Waals surface area (Å²) in [6.07, 6.45) is 2.72. The molecule has 0 aliphatic carbocycles. The van der Waals surface area contributed by atoms with Gasteiger partial charge in [-0.2, -0.15) is 12.6 Å². The maximum Gasteiger partial charge on any atom is 0.327 e. The van der Waals surface area contributed by atoms with Crippen LogP contribution in [0.1, 0.15) is 32.1 Å². The van der Waals surface area contributed by atoms with Crippen molar-refractivity contribution >= 4 is 36.3 Å². The first-order valence-corrected chi connectivity index (χ1v) is 9.62. The number of carbonyl (C=O) groups excluding carboxylic acids is 3. The first kappa shape index (κ1) is 23.2. The second kappa shape index (κ2) is 11.8. The lowest BCUT2D eigenvalue weighted by molar-refractivity contribution is -0.142. The quantitative estimate of drug-likeness (QED) is 0.172. The summed E-state index contributed by atoms with van der Waals surface area (Å²) in [7, 11) is 0. The Hall–Kier alpha value is -1.85. The number of unbranched alkanes of at least 4 members (excludes halogenated alkanes) is 1. The number of nitrogens with one attached hydrogen (secondary N) is 2. The van der Waals surface area contributed by atoms with Crippen LogP contribution in [0.15, 0.2) is 0 Å². The third kappa shape index (κ3) is 7.00. The van der Waals surface area contributed by atoms with Crippen LogP contribution in [-0.4, -0.2) is 77.2 Å². The molecule has 1 aliphatic rings. The molecule has 27 heavy (non-hydrogen) atoms. The van der Waals surface area contributed by atoms with E-state index in [1.165, 1.54) is 4.90 Å². The zero-order valence-corrected chi connectivity index (χ0v) is 16.1. The number of amides is 3. The molecule has 1 fully saturated rings. The number of carboxylic acid groups (broad SMARTS) is 1. The molecule has 10 nitrogen and oxygen atoms in total. The highest BCUT2D eigenvalue weighted by Crippen LogP contribution is 2.18. The molecule has 1 rings (SSSR count). The number of nitrogens with zero attached hydrogens (tertiary/aromatic N) is 1. The molecule has 3 unspecified atom stereocenters. The van der Waals surface area contributed by atoms with Gasteiger partial charge in [0.25, 0.3) is 0 Å². The number of aliphatic carboxylic acids is 1. The van der Waals surface area contributed by atoms with Gasteiger partial charge in [0.05, 0.1) is 6.54 Å². The van der Waals surface area contributed by atoms with E-state index in [9.17, 15) is 19.2 Å². The van der Waals surface area contributed by atoms with Crippen LogP contribution in [0.3, 0.4) is 0 Å². The van der Waals surface area contributed by atoms with Gasteiger partial charge in [-0.25, -0.2) is 4.79 Å². The van der Waals surface area contributed by atoms with Crippen LogP contribution >= 0.6 is 12.6 Å². The van der Waals surface area contributed by atoms with E-state index in [0.717, 1.165) is 0 Å². The van der Waals surface area contributed by atoms with Gasteiger partial charge in [-0.3, -0.25) is 14.4 Å². The van der Waals surface area contributed by atoms with E-state index >= 15 is 0 Å². The summed E-state index contributed by atoms with van der Waals surface area (Å²) in [6, 6.07) is -2.75. The molecule has 0 bridgehead atoms. The highest BCUT2D eigenvalue weighted by molar-refractivity contribution is 7.80. The van der Waals surface area contributed by atoms with Crippen LogP contribution in [-0.2, 0) is 19.2 Å². The molecule has 7 N–H and O–H groups in total. The second-order valence-electron chi connectivity index (χ2n) is 6.38. The highest BCUT2D eigenvalue weighted by atomic mass is 32.1. The van der Waals surface area contributed by atoms with Crippen LogP contribution in [0.5, 0.6) is 0 Å². The van der Waals surface area contributed by atoms with Crippen molar-refractivity contribution in [2.75, 3.05) is 25.4 Å². The Morgan fingerprint density at radius 1 is 1.15 bits per heavy atom. The Morgan fingerprint density at radius 3 is 2.41 bits per heavy atom. The zero-order chi connectivity index (χ0) is 20.4. The predicted molar refractivity (Wildman–Crippen MR) is 102 cm³/mol. The lowest BCUT2D eigenvalue weighted by Gasteiger charge is -2.26. The minimum Gasteiger partial charge on any atom is -0.480 e. The summed E-state index contributed by atoms with van der Waals surface area (Å²) in [6.45, 7) is 0.698. The van der Waals surface area contributed by atoms with Crippen molar-refractivity contribution in [1.82, 2.24) is 15.5 Å². The Bertz CT molecular complexity index is 547. The molecule has 1 aliphatic heterocycles. The van der Waals surface area contributed by atoms with Crippen molar-refractivity contribution in [3.8, 4) is 0 Å². The van der Waals surface area contributed by atoms with Crippen LogP contribution in [0, 0.1) is 0 Å². The number of carbonyl (C=O) groups is 4. The number of hydrogen-bond donors (Lipinski definition) is 6. The van der Waals surface area contributed by atoms with Crippen LogP contribution in [0.4, 0.5) is 0 Å². The lowest BCUT2D eigenvalue weighted by Crippen LogP contribution is -2.56. The summed E-state index contributed by atoms with van der Waals surface area (Å²) in [4.78, 5) is 49.5. The number of rotatable bonds is 11. The molecule has 154 valence electrons. The van der Waals surface area contributed by atoms with E-state index in [4.69, 9.17) is 16.6 Å². The van der Waals surface area contributed by atoms with E-state index in [2.05, 4.69) is 23.3 Å². The van der Waals surface area contributed by atoms with Gasteiger partial charge in [0.15, 0.2) is 0 Å². The fraction of sp³-hybridized carbons (Fsp3) is 0.750. The van der Waals surface area contributed by atoms with Crippen LogP contribution in [0.2, 0.25) is 0 Å². The molecule has 1 saturated heterocycles. The Labute approximate surface area is 163 Å². The van der Waals surface area contributed by atoms with Crippen molar-refractivity contribution in [3.05, 3.63) is 0 Å². The van der Waals surface area contributed by atoms with Gasteiger partial charge >= 0.3 is 5.97 Å². The molecule has 11 heteroatoms. The Kier molecular flexibility index (Phi) is 10.1. The van der Waals surface area contributed by atoms with Gasteiger partial charge in [-0.05, 0) is 38.6 Å². The number of likely N-dealkylation sites (tertiary alicyclic amines) is 1. The SMILES string of the molecule is NCCCCC(NC(=O)C1CCCN1C(=O)CN)C(=O)NC(CS)C(=O)O. The first-order chi connectivity index (χ1) is 12.8. The number of hydrogen-bond acceptors (Lipinski definition) is 7. The van der Waals surface area contributed by atoms with Crippen LogP contribution < -0.4 is 22.1 Å². The summed E-state index contributed by atoms with van der Waals surface area (Å²) in [5.41, 5.74) is 10.9. The molecule has 3 amide bonds. The van der Waals surface area contributed by atoms with Gasteiger partial charge in [-0.15, -0.1) is 0 Å². The molecule has 0 radical (unpaired) electrons. The van der Waals surface area contributed by atoms with E-state index in [1.54, 1.807) is 0 Å². The van der Waals surface area contributed by atoms with Gasteiger partial charge in [0.2, 0.25) is 17.7 Å². The maximum atomic E-state index is 12.6. The summed E-state index contributed by atoms with van der Waals surface area (Å²) in [5, 5.41) is 14.1. The van der Waals surface area contributed by atoms with E-state index in [1.807, 2.05) is 0 Å². The second-order valence-corrected chi connectivity index (χ2v) is 6.74. The predicted octanol–water partition coefficient (Wildman–Crippen LogP) is -1.95. The van der Waals surface area contributed by atoms with Crippen molar-refractivity contribution in [2.45, 2.75) is 50.2 Å². The minimum atomic E-state index is -1.21. The molecule has 1 heterocycles. The molecular formula is C16H29N5O5S. The fourth-order valence-electron chi connectivity index (χ4n) is 2.94.